The summed E-state index contributed by atoms with van der Waals surface area (Å²) in [4.78, 5) is 21.8. The summed E-state index contributed by atoms with van der Waals surface area (Å²) in [5.41, 5.74) is 11.7. The maximum absolute atomic E-state index is 11.2. The Hall–Kier alpha value is -2.15. The second-order valence-electron chi connectivity index (χ2n) is 5.05. The van der Waals surface area contributed by atoms with E-state index in [9.17, 15) is 14.9 Å². The van der Waals surface area contributed by atoms with Crippen molar-refractivity contribution in [1.82, 2.24) is 0 Å². The number of carbonyl (C=O) groups excluding carboxylic acids is 1. The van der Waals surface area contributed by atoms with E-state index in [0.29, 0.717) is 5.69 Å². The van der Waals surface area contributed by atoms with Gasteiger partial charge in [0.05, 0.1) is 4.92 Å². The lowest BCUT2D eigenvalue weighted by atomic mass is 9.90. The number of benzene rings is 1. The highest BCUT2D eigenvalue weighted by molar-refractivity contribution is 5.94. The molecule has 1 aliphatic rings. The minimum Gasteiger partial charge on any atom is -0.375 e. The van der Waals surface area contributed by atoms with Gasteiger partial charge in [-0.05, 0) is 25.0 Å². The third-order valence-corrected chi connectivity index (χ3v) is 3.64. The Morgan fingerprint density at radius 3 is 2.65 bits per heavy atom. The molecule has 20 heavy (non-hydrogen) atoms. The van der Waals surface area contributed by atoms with Crippen LogP contribution in [0.5, 0.6) is 0 Å². The van der Waals surface area contributed by atoms with Crippen LogP contribution in [0.15, 0.2) is 18.2 Å². The lowest BCUT2D eigenvalue weighted by molar-refractivity contribution is -0.384. The fraction of sp³-hybridized carbons (Fsp3) is 0.462. The molecule has 0 spiro atoms. The number of amides is 1. The zero-order valence-electron chi connectivity index (χ0n) is 11.0. The first-order chi connectivity index (χ1) is 9.49. The van der Waals surface area contributed by atoms with E-state index in [4.69, 9.17) is 11.5 Å². The summed E-state index contributed by atoms with van der Waals surface area (Å²) in [6, 6.07) is 4.00. The molecule has 1 fully saturated rings. The number of anilines is 1. The zero-order chi connectivity index (χ0) is 14.7. The molecule has 5 N–H and O–H groups in total. The Morgan fingerprint density at radius 2 is 2.05 bits per heavy atom. The smallest absolute Gasteiger partial charge is 0.292 e. The van der Waals surface area contributed by atoms with Crippen molar-refractivity contribution in [2.75, 3.05) is 5.32 Å². The average molecular weight is 278 g/mol. The predicted octanol–water partition coefficient (Wildman–Crippen LogP) is 1.38. The third-order valence-electron chi connectivity index (χ3n) is 3.64. The molecule has 2 atom stereocenters. The molecule has 0 aliphatic heterocycles. The summed E-state index contributed by atoms with van der Waals surface area (Å²) in [6.45, 7) is 0. The van der Waals surface area contributed by atoms with Crippen LogP contribution in [0.25, 0.3) is 0 Å². The number of nitrogens with zero attached hydrogens (tertiary/aromatic N) is 1. The summed E-state index contributed by atoms with van der Waals surface area (Å²) >= 11 is 0. The number of primary amides is 1. The summed E-state index contributed by atoms with van der Waals surface area (Å²) in [5, 5.41) is 14.1. The summed E-state index contributed by atoms with van der Waals surface area (Å²) < 4.78 is 0. The van der Waals surface area contributed by atoms with Crippen LogP contribution in [-0.2, 0) is 0 Å². The topological polar surface area (TPSA) is 124 Å². The number of nitrogens with two attached hydrogens (primary N) is 2. The van der Waals surface area contributed by atoms with Crippen molar-refractivity contribution in [1.29, 1.82) is 0 Å². The number of rotatable bonds is 4. The highest BCUT2D eigenvalue weighted by atomic mass is 16.6. The Labute approximate surface area is 116 Å². The minimum absolute atomic E-state index is 0.0226. The first-order valence-electron chi connectivity index (χ1n) is 6.59. The highest BCUT2D eigenvalue weighted by Gasteiger charge is 2.25. The standard InChI is InChI=1S/C13H18N4O3/c14-9-3-1-2-4-10(9)16-11-7-8(13(15)18)5-6-12(11)17(19)20/h5-7,9-10,16H,1-4,14H2,(H2,15,18)/t9-,10-/m1/s1. The molecular formula is C13H18N4O3. The second-order valence-corrected chi connectivity index (χ2v) is 5.05. The van der Waals surface area contributed by atoms with Gasteiger partial charge in [0.1, 0.15) is 5.69 Å². The fourth-order valence-corrected chi connectivity index (χ4v) is 2.50. The minimum atomic E-state index is -0.615. The van der Waals surface area contributed by atoms with E-state index in [1.54, 1.807) is 0 Å². The van der Waals surface area contributed by atoms with E-state index in [-0.39, 0.29) is 23.3 Å². The van der Waals surface area contributed by atoms with Crippen molar-refractivity contribution in [2.45, 2.75) is 37.8 Å². The Kier molecular flexibility index (Phi) is 4.19. The van der Waals surface area contributed by atoms with Gasteiger partial charge in [-0.15, -0.1) is 0 Å². The summed E-state index contributed by atoms with van der Waals surface area (Å²) in [5.74, 6) is -0.615. The molecule has 0 heterocycles. The number of nitro groups is 1. The molecule has 1 aliphatic carbocycles. The van der Waals surface area contributed by atoms with Gasteiger partial charge in [-0.25, -0.2) is 0 Å². The largest absolute Gasteiger partial charge is 0.375 e. The Balaban J connectivity index is 2.29. The van der Waals surface area contributed by atoms with Gasteiger partial charge in [-0.3, -0.25) is 14.9 Å². The fourth-order valence-electron chi connectivity index (χ4n) is 2.50. The number of hydrogen-bond acceptors (Lipinski definition) is 5. The number of nitrogens with one attached hydrogen (secondary N) is 1. The van der Waals surface area contributed by atoms with Crippen molar-refractivity contribution in [3.63, 3.8) is 0 Å². The van der Waals surface area contributed by atoms with Crippen LogP contribution in [-0.4, -0.2) is 22.9 Å². The first kappa shape index (κ1) is 14.3. The molecule has 108 valence electrons. The molecule has 1 aromatic carbocycles. The van der Waals surface area contributed by atoms with E-state index in [1.807, 2.05) is 0 Å². The molecule has 2 rings (SSSR count). The zero-order valence-corrected chi connectivity index (χ0v) is 11.0. The van der Waals surface area contributed by atoms with Crippen LogP contribution >= 0.6 is 0 Å². The van der Waals surface area contributed by atoms with Crippen molar-refractivity contribution < 1.29 is 9.72 Å². The maximum atomic E-state index is 11.2. The monoisotopic (exact) mass is 278 g/mol. The van der Waals surface area contributed by atoms with Crippen LogP contribution in [0.3, 0.4) is 0 Å². The molecule has 0 saturated heterocycles. The van der Waals surface area contributed by atoms with Crippen LogP contribution < -0.4 is 16.8 Å². The lowest BCUT2D eigenvalue weighted by Gasteiger charge is -2.30. The number of nitro benzene ring substituents is 1. The van der Waals surface area contributed by atoms with Crippen LogP contribution in [0.4, 0.5) is 11.4 Å². The molecule has 7 heteroatoms. The van der Waals surface area contributed by atoms with E-state index >= 15 is 0 Å². The van der Waals surface area contributed by atoms with Gasteiger partial charge in [0.2, 0.25) is 5.91 Å². The van der Waals surface area contributed by atoms with Gasteiger partial charge in [-0.2, -0.15) is 0 Å². The quantitative estimate of drug-likeness (QED) is 0.566. The van der Waals surface area contributed by atoms with Gasteiger partial charge in [0, 0.05) is 23.7 Å². The molecule has 0 unspecified atom stereocenters. The molecule has 0 radical (unpaired) electrons. The number of carbonyl (C=O) groups is 1. The van der Waals surface area contributed by atoms with Crippen LogP contribution in [0.2, 0.25) is 0 Å². The molecular weight excluding hydrogens is 260 g/mol. The van der Waals surface area contributed by atoms with E-state index in [0.717, 1.165) is 25.7 Å². The second kappa shape index (κ2) is 5.87. The van der Waals surface area contributed by atoms with Crippen molar-refractivity contribution in [3.05, 3.63) is 33.9 Å². The average Bonchev–Trinajstić information content (AvgIpc) is 2.41. The molecule has 1 saturated carbocycles. The molecule has 7 nitrogen and oxygen atoms in total. The van der Waals surface area contributed by atoms with Gasteiger partial charge in [0.15, 0.2) is 0 Å². The summed E-state index contributed by atoms with van der Waals surface area (Å²) in [7, 11) is 0. The SMILES string of the molecule is NC(=O)c1ccc([N+](=O)[O-])c(N[C@@H]2CCCC[C@H]2N)c1. The molecule has 1 aromatic rings. The Morgan fingerprint density at radius 1 is 1.35 bits per heavy atom. The van der Waals surface area contributed by atoms with E-state index < -0.39 is 10.8 Å². The van der Waals surface area contributed by atoms with Crippen molar-refractivity contribution in [3.8, 4) is 0 Å². The lowest BCUT2D eigenvalue weighted by Crippen LogP contribution is -2.42. The first-order valence-corrected chi connectivity index (χ1v) is 6.59. The van der Waals surface area contributed by atoms with Crippen LogP contribution in [0, 0.1) is 10.1 Å². The van der Waals surface area contributed by atoms with Crippen LogP contribution in [0.1, 0.15) is 36.0 Å². The van der Waals surface area contributed by atoms with Crippen molar-refractivity contribution >= 4 is 17.3 Å². The van der Waals surface area contributed by atoms with Gasteiger partial charge in [0.25, 0.3) is 5.69 Å². The Bertz CT molecular complexity index is 532. The summed E-state index contributed by atoms with van der Waals surface area (Å²) in [6.07, 6.45) is 3.86. The normalized spacial score (nSPS) is 22.2. The van der Waals surface area contributed by atoms with Gasteiger partial charge < -0.3 is 16.8 Å². The van der Waals surface area contributed by atoms with E-state index in [2.05, 4.69) is 5.32 Å². The maximum Gasteiger partial charge on any atom is 0.292 e. The highest BCUT2D eigenvalue weighted by Crippen LogP contribution is 2.29. The number of hydrogen-bond donors (Lipinski definition) is 3. The van der Waals surface area contributed by atoms with Gasteiger partial charge >= 0.3 is 0 Å². The van der Waals surface area contributed by atoms with E-state index in [1.165, 1.54) is 18.2 Å². The van der Waals surface area contributed by atoms with Gasteiger partial charge in [-0.1, -0.05) is 12.8 Å². The molecule has 0 aromatic heterocycles. The molecule has 0 bridgehead atoms. The predicted molar refractivity (Wildman–Crippen MR) is 75.5 cm³/mol. The van der Waals surface area contributed by atoms with Crippen molar-refractivity contribution in [2.24, 2.45) is 11.5 Å². The third kappa shape index (κ3) is 3.05. The molecule has 1 amide bonds.